The largest absolute Gasteiger partial charge is 0.475 e. The molecule has 1 atom stereocenters. The second-order valence-corrected chi connectivity index (χ2v) is 5.41. The van der Waals surface area contributed by atoms with E-state index in [1.54, 1.807) is 25.1 Å². The number of benzene rings is 2. The van der Waals surface area contributed by atoms with Crippen LogP contribution in [0.3, 0.4) is 0 Å². The predicted molar refractivity (Wildman–Crippen MR) is 90.3 cm³/mol. The number of amides is 1. The molecule has 0 bridgehead atoms. The SMILES string of the molecule is CCOC(=O)C1CNc2cc(C(=O)Nc3ccc(F)cc3)ccc2O1. The number of anilines is 2. The third-order valence-corrected chi connectivity index (χ3v) is 3.64. The predicted octanol–water partition coefficient (Wildman–Crippen LogP) is 2.81. The van der Waals surface area contributed by atoms with Crippen LogP contribution in [0, 0.1) is 5.82 Å². The van der Waals surface area contributed by atoms with Gasteiger partial charge < -0.3 is 20.1 Å². The molecule has 2 aromatic carbocycles. The van der Waals surface area contributed by atoms with Crippen molar-refractivity contribution in [1.29, 1.82) is 0 Å². The molecule has 0 aromatic heterocycles. The molecule has 2 N–H and O–H groups in total. The molecule has 1 heterocycles. The molecule has 0 saturated heterocycles. The third kappa shape index (κ3) is 3.88. The van der Waals surface area contributed by atoms with E-state index in [1.165, 1.54) is 24.3 Å². The van der Waals surface area contributed by atoms with E-state index in [0.717, 1.165) is 0 Å². The molecule has 25 heavy (non-hydrogen) atoms. The van der Waals surface area contributed by atoms with Crippen LogP contribution in [0.4, 0.5) is 15.8 Å². The van der Waals surface area contributed by atoms with Gasteiger partial charge in [-0.2, -0.15) is 0 Å². The lowest BCUT2D eigenvalue weighted by Crippen LogP contribution is -2.39. The van der Waals surface area contributed by atoms with Crippen LogP contribution in [-0.4, -0.2) is 31.1 Å². The van der Waals surface area contributed by atoms with Gasteiger partial charge >= 0.3 is 5.97 Å². The van der Waals surface area contributed by atoms with Crippen molar-refractivity contribution < 1.29 is 23.5 Å². The number of hydrogen-bond acceptors (Lipinski definition) is 5. The molecule has 0 fully saturated rings. The maximum absolute atomic E-state index is 12.9. The second kappa shape index (κ2) is 7.21. The Morgan fingerprint density at radius 3 is 2.76 bits per heavy atom. The highest BCUT2D eigenvalue weighted by atomic mass is 19.1. The smallest absolute Gasteiger partial charge is 0.349 e. The summed E-state index contributed by atoms with van der Waals surface area (Å²) in [5, 5.41) is 5.75. The van der Waals surface area contributed by atoms with Crippen LogP contribution < -0.4 is 15.4 Å². The number of rotatable bonds is 4. The van der Waals surface area contributed by atoms with E-state index in [-0.39, 0.29) is 24.9 Å². The summed E-state index contributed by atoms with van der Waals surface area (Å²) in [7, 11) is 0. The van der Waals surface area contributed by atoms with Gasteiger partial charge in [0.25, 0.3) is 5.91 Å². The molecule has 6 nitrogen and oxygen atoms in total. The molecule has 0 spiro atoms. The monoisotopic (exact) mass is 344 g/mol. The summed E-state index contributed by atoms with van der Waals surface area (Å²) in [6, 6.07) is 10.4. The van der Waals surface area contributed by atoms with Crippen LogP contribution in [0.2, 0.25) is 0 Å². The molecule has 1 amide bonds. The number of fused-ring (bicyclic) bond motifs is 1. The summed E-state index contributed by atoms with van der Waals surface area (Å²) in [4.78, 5) is 24.0. The summed E-state index contributed by atoms with van der Waals surface area (Å²) < 4.78 is 23.4. The summed E-state index contributed by atoms with van der Waals surface area (Å²) in [5.41, 5.74) is 1.52. The van der Waals surface area contributed by atoms with E-state index >= 15 is 0 Å². The lowest BCUT2D eigenvalue weighted by Gasteiger charge is -2.26. The molecule has 0 aliphatic carbocycles. The van der Waals surface area contributed by atoms with Gasteiger partial charge in [0.15, 0.2) is 0 Å². The first-order valence-corrected chi connectivity index (χ1v) is 7.85. The summed E-state index contributed by atoms with van der Waals surface area (Å²) in [6.07, 6.45) is -0.716. The number of esters is 1. The van der Waals surface area contributed by atoms with E-state index < -0.39 is 12.1 Å². The number of carbonyl (C=O) groups is 2. The summed E-state index contributed by atoms with van der Waals surface area (Å²) in [6.45, 7) is 2.27. The Kier molecular flexibility index (Phi) is 4.83. The Hall–Kier alpha value is -3.09. The summed E-state index contributed by atoms with van der Waals surface area (Å²) in [5.74, 6) is -0.658. The van der Waals surface area contributed by atoms with Gasteiger partial charge in [0.05, 0.1) is 18.8 Å². The van der Waals surface area contributed by atoms with Gasteiger partial charge in [0.2, 0.25) is 6.10 Å². The van der Waals surface area contributed by atoms with E-state index in [9.17, 15) is 14.0 Å². The molecular formula is C18H17FN2O4. The van der Waals surface area contributed by atoms with Crippen molar-refractivity contribution in [2.75, 3.05) is 23.8 Å². The standard InChI is InChI=1S/C18H17FN2O4/c1-2-24-18(23)16-10-20-14-9-11(3-8-15(14)25-16)17(22)21-13-6-4-12(19)5-7-13/h3-9,16,20H,2,10H2,1H3,(H,21,22). The van der Waals surface area contributed by atoms with Crippen molar-refractivity contribution in [3.63, 3.8) is 0 Å². The highest BCUT2D eigenvalue weighted by Crippen LogP contribution is 2.30. The van der Waals surface area contributed by atoms with Crippen molar-refractivity contribution in [3.8, 4) is 5.75 Å². The van der Waals surface area contributed by atoms with Gasteiger partial charge in [-0.1, -0.05) is 0 Å². The van der Waals surface area contributed by atoms with E-state index in [0.29, 0.717) is 22.7 Å². The fraction of sp³-hybridized carbons (Fsp3) is 0.222. The van der Waals surface area contributed by atoms with Gasteiger partial charge in [0, 0.05) is 11.3 Å². The lowest BCUT2D eigenvalue weighted by atomic mass is 10.1. The van der Waals surface area contributed by atoms with Crippen LogP contribution >= 0.6 is 0 Å². The van der Waals surface area contributed by atoms with Crippen molar-refractivity contribution in [2.24, 2.45) is 0 Å². The maximum Gasteiger partial charge on any atom is 0.349 e. The second-order valence-electron chi connectivity index (χ2n) is 5.41. The Labute approximate surface area is 143 Å². The van der Waals surface area contributed by atoms with Crippen LogP contribution in [-0.2, 0) is 9.53 Å². The zero-order valence-corrected chi connectivity index (χ0v) is 13.5. The fourth-order valence-corrected chi connectivity index (χ4v) is 2.41. The van der Waals surface area contributed by atoms with Gasteiger partial charge in [-0.25, -0.2) is 9.18 Å². The minimum Gasteiger partial charge on any atom is -0.475 e. The van der Waals surface area contributed by atoms with Crippen molar-refractivity contribution in [2.45, 2.75) is 13.0 Å². The first kappa shape index (κ1) is 16.8. The summed E-state index contributed by atoms with van der Waals surface area (Å²) >= 11 is 0. The molecule has 1 aliphatic heterocycles. The van der Waals surface area contributed by atoms with Crippen molar-refractivity contribution >= 4 is 23.3 Å². The highest BCUT2D eigenvalue weighted by molar-refractivity contribution is 6.05. The molecule has 1 aliphatic rings. The minimum absolute atomic E-state index is 0.259. The normalized spacial score (nSPS) is 15.4. The number of halogens is 1. The van der Waals surface area contributed by atoms with E-state index in [2.05, 4.69) is 10.6 Å². The topological polar surface area (TPSA) is 76.7 Å². The van der Waals surface area contributed by atoms with Crippen LogP contribution in [0.15, 0.2) is 42.5 Å². The van der Waals surface area contributed by atoms with Gasteiger partial charge in [-0.05, 0) is 49.4 Å². The average molecular weight is 344 g/mol. The number of hydrogen-bond donors (Lipinski definition) is 2. The van der Waals surface area contributed by atoms with E-state index in [1.807, 2.05) is 0 Å². The van der Waals surface area contributed by atoms with Crippen LogP contribution in [0.1, 0.15) is 17.3 Å². The number of nitrogens with one attached hydrogen (secondary N) is 2. The lowest BCUT2D eigenvalue weighted by molar-refractivity contribution is -0.150. The molecule has 0 radical (unpaired) electrons. The Balaban J connectivity index is 1.70. The van der Waals surface area contributed by atoms with Crippen molar-refractivity contribution in [3.05, 3.63) is 53.8 Å². The fourth-order valence-electron chi connectivity index (χ4n) is 2.41. The zero-order chi connectivity index (χ0) is 17.8. The molecule has 1 unspecified atom stereocenters. The molecule has 130 valence electrons. The number of carbonyl (C=O) groups excluding carboxylic acids is 2. The quantitative estimate of drug-likeness (QED) is 0.834. The molecule has 3 rings (SSSR count). The zero-order valence-electron chi connectivity index (χ0n) is 13.5. The van der Waals surface area contributed by atoms with Gasteiger partial charge in [-0.3, -0.25) is 4.79 Å². The average Bonchev–Trinajstić information content (AvgIpc) is 2.63. The van der Waals surface area contributed by atoms with Gasteiger partial charge in [-0.15, -0.1) is 0 Å². The van der Waals surface area contributed by atoms with Gasteiger partial charge in [0.1, 0.15) is 11.6 Å². The molecule has 0 saturated carbocycles. The molecule has 2 aromatic rings. The Morgan fingerprint density at radius 1 is 1.28 bits per heavy atom. The maximum atomic E-state index is 12.9. The van der Waals surface area contributed by atoms with Crippen LogP contribution in [0.5, 0.6) is 5.75 Å². The third-order valence-electron chi connectivity index (χ3n) is 3.64. The van der Waals surface area contributed by atoms with E-state index in [4.69, 9.17) is 9.47 Å². The molecule has 7 heteroatoms. The first-order valence-electron chi connectivity index (χ1n) is 7.85. The highest BCUT2D eigenvalue weighted by Gasteiger charge is 2.27. The van der Waals surface area contributed by atoms with Crippen LogP contribution in [0.25, 0.3) is 0 Å². The van der Waals surface area contributed by atoms with Crippen molar-refractivity contribution in [1.82, 2.24) is 0 Å². The minimum atomic E-state index is -0.716. The Morgan fingerprint density at radius 2 is 2.04 bits per heavy atom. The first-order chi connectivity index (χ1) is 12.1. The Bertz CT molecular complexity index is 792. The molecular weight excluding hydrogens is 327 g/mol. The number of ether oxygens (including phenoxy) is 2.